The molecule has 0 fully saturated rings. The first kappa shape index (κ1) is 34.4. The van der Waals surface area contributed by atoms with Gasteiger partial charge in [0.25, 0.3) is 0 Å². The Morgan fingerprint density at radius 3 is 1.70 bits per heavy atom. The summed E-state index contributed by atoms with van der Waals surface area (Å²) in [7, 11) is 0. The number of aliphatic hydroxyl groups excluding tert-OH is 1. The van der Waals surface area contributed by atoms with Crippen molar-refractivity contribution in [1.82, 2.24) is 5.32 Å². The van der Waals surface area contributed by atoms with Crippen LogP contribution in [0.15, 0.2) is 97.1 Å². The van der Waals surface area contributed by atoms with Gasteiger partial charge in [-0.25, -0.2) is 0 Å². The SMILES string of the molecule is OC(CNC(c1cccc(Oc2ccc(OC(F)(F)F)cc2)c1)c1cccc(OC(F)(F)C(F)F)c1)c1ccc(C(F)(F)F)cc1. The standard InChI is InChI=1S/C31H23F10NO4/c32-28(33)30(37,38)45-25-6-2-4-20(16-25)27(42-17-26(43)18-7-9-21(10-8-18)29(34,35)36)19-3-1-5-24(15-19)44-22-11-13-23(14-12-22)46-31(39,40)41/h1-16,26-28,42-43H,17H2. The molecule has 2 N–H and O–H groups in total. The molecule has 4 aromatic rings. The largest absolute Gasteiger partial charge is 0.573 e. The lowest BCUT2D eigenvalue weighted by Gasteiger charge is -2.24. The van der Waals surface area contributed by atoms with Gasteiger partial charge in [0.2, 0.25) is 0 Å². The Hall–Kier alpha value is -4.50. The van der Waals surface area contributed by atoms with Crippen molar-refractivity contribution in [3.63, 3.8) is 0 Å². The number of rotatable bonds is 12. The molecule has 46 heavy (non-hydrogen) atoms. The normalized spacial score (nSPS) is 13.7. The Labute approximate surface area is 254 Å². The van der Waals surface area contributed by atoms with Gasteiger partial charge in [-0.3, -0.25) is 0 Å². The van der Waals surface area contributed by atoms with Gasteiger partial charge in [0.1, 0.15) is 23.0 Å². The number of aliphatic hydroxyl groups is 1. The third kappa shape index (κ3) is 9.50. The predicted octanol–water partition coefficient (Wildman–Crippen LogP) is 9.05. The van der Waals surface area contributed by atoms with E-state index in [1.54, 1.807) is 6.07 Å². The number of halogens is 10. The minimum absolute atomic E-state index is 0.124. The molecule has 0 saturated carbocycles. The highest BCUT2D eigenvalue weighted by Crippen LogP contribution is 2.34. The summed E-state index contributed by atoms with van der Waals surface area (Å²) in [5, 5.41) is 13.7. The van der Waals surface area contributed by atoms with Gasteiger partial charge in [-0.05, 0) is 77.4 Å². The van der Waals surface area contributed by atoms with E-state index in [1.165, 1.54) is 42.5 Å². The van der Waals surface area contributed by atoms with E-state index in [1.807, 2.05) is 0 Å². The van der Waals surface area contributed by atoms with Gasteiger partial charge >= 0.3 is 25.1 Å². The monoisotopic (exact) mass is 663 g/mol. The molecule has 0 saturated heterocycles. The van der Waals surface area contributed by atoms with Crippen LogP contribution in [0.4, 0.5) is 43.9 Å². The number of hydrogen-bond donors (Lipinski definition) is 2. The fourth-order valence-corrected chi connectivity index (χ4v) is 4.23. The maximum atomic E-state index is 13.6. The number of benzene rings is 4. The van der Waals surface area contributed by atoms with Crippen LogP contribution in [0, 0.1) is 0 Å². The summed E-state index contributed by atoms with van der Waals surface area (Å²) in [4.78, 5) is 0. The Bertz CT molecular complexity index is 1580. The van der Waals surface area contributed by atoms with E-state index in [-0.39, 0.29) is 29.2 Å². The smallest absolute Gasteiger partial charge is 0.457 e. The molecule has 0 aliphatic rings. The summed E-state index contributed by atoms with van der Waals surface area (Å²) in [6.45, 7) is -0.278. The van der Waals surface area contributed by atoms with E-state index < -0.39 is 54.3 Å². The molecule has 4 rings (SSSR count). The molecular weight excluding hydrogens is 640 g/mol. The van der Waals surface area contributed by atoms with Crippen molar-refractivity contribution in [1.29, 1.82) is 0 Å². The Morgan fingerprint density at radius 2 is 1.15 bits per heavy atom. The van der Waals surface area contributed by atoms with Crippen molar-refractivity contribution in [2.75, 3.05) is 6.54 Å². The molecule has 0 amide bonds. The highest BCUT2D eigenvalue weighted by Gasteiger charge is 2.44. The van der Waals surface area contributed by atoms with Crippen LogP contribution in [0.25, 0.3) is 0 Å². The quantitative estimate of drug-likeness (QED) is 0.148. The van der Waals surface area contributed by atoms with Gasteiger partial charge < -0.3 is 24.6 Å². The maximum Gasteiger partial charge on any atom is 0.573 e. The molecule has 15 heteroatoms. The molecule has 0 aliphatic heterocycles. The lowest BCUT2D eigenvalue weighted by atomic mass is 9.97. The van der Waals surface area contributed by atoms with Crippen LogP contribution >= 0.6 is 0 Å². The highest BCUT2D eigenvalue weighted by atomic mass is 19.4. The van der Waals surface area contributed by atoms with E-state index in [0.29, 0.717) is 5.56 Å². The minimum atomic E-state index is -4.89. The fraction of sp³-hybridized carbons (Fsp3) is 0.226. The van der Waals surface area contributed by atoms with Gasteiger partial charge in [-0.1, -0.05) is 36.4 Å². The van der Waals surface area contributed by atoms with E-state index >= 15 is 0 Å². The Balaban J connectivity index is 1.60. The van der Waals surface area contributed by atoms with Crippen LogP contribution in [-0.2, 0) is 6.18 Å². The third-order valence-electron chi connectivity index (χ3n) is 6.32. The third-order valence-corrected chi connectivity index (χ3v) is 6.32. The lowest BCUT2D eigenvalue weighted by molar-refractivity contribution is -0.274. The number of alkyl halides is 10. The summed E-state index contributed by atoms with van der Waals surface area (Å²) in [6.07, 6.45) is -19.7. The topological polar surface area (TPSA) is 60.0 Å². The zero-order valence-electron chi connectivity index (χ0n) is 23.1. The molecule has 4 aromatic carbocycles. The number of hydrogen-bond acceptors (Lipinski definition) is 5. The second kappa shape index (κ2) is 13.9. The molecule has 0 spiro atoms. The molecule has 0 heterocycles. The Kier molecular flexibility index (Phi) is 10.4. The number of nitrogens with one attached hydrogen (secondary N) is 1. The average molecular weight is 664 g/mol. The highest BCUT2D eigenvalue weighted by molar-refractivity contribution is 5.42. The zero-order chi connectivity index (χ0) is 33.7. The van der Waals surface area contributed by atoms with Gasteiger partial charge in [0, 0.05) is 6.54 Å². The molecular formula is C31H23F10NO4. The van der Waals surface area contributed by atoms with Gasteiger partial charge in [-0.15, -0.1) is 13.2 Å². The van der Waals surface area contributed by atoms with Crippen molar-refractivity contribution < 1.29 is 63.2 Å². The summed E-state index contributed by atoms with van der Waals surface area (Å²) >= 11 is 0. The summed E-state index contributed by atoms with van der Waals surface area (Å²) in [5.74, 6) is -0.789. The first-order chi connectivity index (χ1) is 21.5. The van der Waals surface area contributed by atoms with Crippen molar-refractivity contribution >= 4 is 0 Å². The van der Waals surface area contributed by atoms with E-state index in [4.69, 9.17) is 4.74 Å². The summed E-state index contributed by atoms with van der Waals surface area (Å²) < 4.78 is 143. The maximum absolute atomic E-state index is 13.6. The average Bonchev–Trinajstić information content (AvgIpc) is 2.97. The van der Waals surface area contributed by atoms with Crippen LogP contribution in [0.3, 0.4) is 0 Å². The van der Waals surface area contributed by atoms with Crippen LogP contribution in [0.1, 0.15) is 34.4 Å². The van der Waals surface area contributed by atoms with E-state index in [0.717, 1.165) is 48.5 Å². The molecule has 0 aliphatic carbocycles. The molecule has 5 nitrogen and oxygen atoms in total. The van der Waals surface area contributed by atoms with Crippen molar-refractivity contribution in [2.24, 2.45) is 0 Å². The summed E-state index contributed by atoms with van der Waals surface area (Å²) in [5.41, 5.74) is -0.214. The van der Waals surface area contributed by atoms with E-state index in [9.17, 15) is 49.0 Å². The first-order valence-corrected chi connectivity index (χ1v) is 13.2. The molecule has 246 valence electrons. The minimum Gasteiger partial charge on any atom is -0.457 e. The van der Waals surface area contributed by atoms with Crippen molar-refractivity contribution in [3.8, 4) is 23.0 Å². The van der Waals surface area contributed by atoms with Gasteiger partial charge in [-0.2, -0.15) is 30.7 Å². The Morgan fingerprint density at radius 1 is 0.609 bits per heavy atom. The van der Waals surface area contributed by atoms with E-state index in [2.05, 4.69) is 14.8 Å². The molecule has 0 radical (unpaired) electrons. The van der Waals surface area contributed by atoms with Crippen LogP contribution < -0.4 is 19.5 Å². The van der Waals surface area contributed by atoms with Gasteiger partial charge in [0.05, 0.1) is 17.7 Å². The molecule has 0 bridgehead atoms. The summed E-state index contributed by atoms with van der Waals surface area (Å²) in [6, 6.07) is 18.2. The van der Waals surface area contributed by atoms with Crippen LogP contribution in [-0.4, -0.2) is 30.5 Å². The first-order valence-electron chi connectivity index (χ1n) is 13.2. The van der Waals surface area contributed by atoms with Crippen molar-refractivity contribution in [2.45, 2.75) is 37.2 Å². The second-order valence-corrected chi connectivity index (χ2v) is 9.71. The molecule has 2 atom stereocenters. The van der Waals surface area contributed by atoms with Gasteiger partial charge in [0.15, 0.2) is 0 Å². The lowest BCUT2D eigenvalue weighted by Crippen LogP contribution is -2.33. The molecule has 2 unspecified atom stereocenters. The predicted molar refractivity (Wildman–Crippen MR) is 144 cm³/mol. The molecule has 0 aromatic heterocycles. The van der Waals surface area contributed by atoms with Crippen LogP contribution in [0.5, 0.6) is 23.0 Å². The fourth-order valence-electron chi connectivity index (χ4n) is 4.23. The van der Waals surface area contributed by atoms with Crippen molar-refractivity contribution in [3.05, 3.63) is 119 Å². The zero-order valence-corrected chi connectivity index (χ0v) is 23.1. The number of ether oxygens (including phenoxy) is 3. The van der Waals surface area contributed by atoms with Crippen LogP contribution in [0.2, 0.25) is 0 Å². The second-order valence-electron chi connectivity index (χ2n) is 9.71.